The highest BCUT2D eigenvalue weighted by Crippen LogP contribution is 2.22. The zero-order valence-electron chi connectivity index (χ0n) is 15.3. The quantitative estimate of drug-likeness (QED) is 0.542. The van der Waals surface area contributed by atoms with Crippen molar-refractivity contribution in [1.29, 1.82) is 0 Å². The lowest BCUT2D eigenvalue weighted by Gasteiger charge is -2.09. The topological polar surface area (TPSA) is 86.4 Å². The fourth-order valence-corrected chi connectivity index (χ4v) is 2.69. The summed E-state index contributed by atoms with van der Waals surface area (Å²) in [5.41, 5.74) is 0.683. The van der Waals surface area contributed by atoms with E-state index in [9.17, 15) is 9.59 Å². The van der Waals surface area contributed by atoms with Gasteiger partial charge in [-0.3, -0.25) is 14.2 Å². The van der Waals surface area contributed by atoms with Gasteiger partial charge in [0.05, 0.1) is 12.6 Å². The van der Waals surface area contributed by atoms with Crippen LogP contribution in [0.3, 0.4) is 0 Å². The zero-order chi connectivity index (χ0) is 20.1. The highest BCUT2D eigenvalue weighted by atomic mass is 16.5. The second-order valence-corrected chi connectivity index (χ2v) is 6.21. The summed E-state index contributed by atoms with van der Waals surface area (Å²) in [5, 5.41) is 2.75. The smallest absolute Gasteiger partial charge is 0.254 e. The number of hydrogen-bond donors (Lipinski definition) is 1. The van der Waals surface area contributed by atoms with Gasteiger partial charge in [-0.25, -0.2) is 4.98 Å². The van der Waals surface area contributed by atoms with Gasteiger partial charge in [0.2, 0.25) is 5.91 Å². The number of aromatic nitrogens is 2. The van der Waals surface area contributed by atoms with E-state index in [1.165, 1.54) is 23.2 Å². The summed E-state index contributed by atoms with van der Waals surface area (Å²) in [7, 11) is 0. The van der Waals surface area contributed by atoms with Crippen molar-refractivity contribution in [3.05, 3.63) is 95.7 Å². The normalized spacial score (nSPS) is 10.5. The minimum Gasteiger partial charge on any atom is -0.463 e. The molecule has 0 aliphatic carbocycles. The van der Waals surface area contributed by atoms with Crippen molar-refractivity contribution >= 4 is 11.6 Å². The molecule has 4 rings (SSSR count). The first kappa shape index (κ1) is 18.2. The maximum Gasteiger partial charge on any atom is 0.254 e. The van der Waals surface area contributed by atoms with E-state index in [0.717, 1.165) is 5.75 Å². The number of nitrogens with one attached hydrogen (secondary N) is 1. The summed E-state index contributed by atoms with van der Waals surface area (Å²) in [6, 6.07) is 21.2. The van der Waals surface area contributed by atoms with E-state index in [-0.39, 0.29) is 18.0 Å². The third-order valence-electron chi connectivity index (χ3n) is 4.08. The van der Waals surface area contributed by atoms with Crippen molar-refractivity contribution in [3.63, 3.8) is 0 Å². The lowest BCUT2D eigenvalue weighted by atomic mass is 10.3. The van der Waals surface area contributed by atoms with Gasteiger partial charge in [-0.1, -0.05) is 18.2 Å². The Bertz CT molecular complexity index is 1150. The molecule has 2 aromatic heterocycles. The number of carbonyl (C=O) groups excluding carboxylic acids is 1. The Hall–Kier alpha value is -4.13. The van der Waals surface area contributed by atoms with Gasteiger partial charge in [-0.15, -0.1) is 0 Å². The number of amides is 1. The third-order valence-corrected chi connectivity index (χ3v) is 4.08. The molecular formula is C22H17N3O4. The van der Waals surface area contributed by atoms with E-state index in [1.807, 2.05) is 30.3 Å². The van der Waals surface area contributed by atoms with Gasteiger partial charge < -0.3 is 14.5 Å². The van der Waals surface area contributed by atoms with Crippen LogP contribution < -0.4 is 15.6 Å². The first-order valence-electron chi connectivity index (χ1n) is 8.90. The Labute approximate surface area is 166 Å². The number of rotatable bonds is 6. The summed E-state index contributed by atoms with van der Waals surface area (Å²) in [4.78, 5) is 28.7. The number of anilines is 1. The van der Waals surface area contributed by atoms with Gasteiger partial charge in [0.15, 0.2) is 5.76 Å². The van der Waals surface area contributed by atoms with Gasteiger partial charge in [0.1, 0.15) is 23.7 Å². The number of ether oxygens (including phenoxy) is 1. The largest absolute Gasteiger partial charge is 0.463 e. The van der Waals surface area contributed by atoms with Crippen LogP contribution in [-0.4, -0.2) is 15.5 Å². The standard InChI is InChI=1S/C22H17N3O4/c26-21(14-25-15-23-19(13-22(25)27)20-7-4-12-28-20)24-16-8-10-18(11-9-16)29-17-5-2-1-3-6-17/h1-13,15H,14H2,(H,24,26). The number of benzene rings is 2. The number of hydrogen-bond acceptors (Lipinski definition) is 5. The monoisotopic (exact) mass is 387 g/mol. The summed E-state index contributed by atoms with van der Waals surface area (Å²) >= 11 is 0. The number of carbonyl (C=O) groups is 1. The molecule has 0 fully saturated rings. The maximum atomic E-state index is 12.3. The van der Waals surface area contributed by atoms with Crippen molar-refractivity contribution in [3.8, 4) is 23.0 Å². The Kier molecular flexibility index (Phi) is 5.20. The van der Waals surface area contributed by atoms with Gasteiger partial charge >= 0.3 is 0 Å². The fraction of sp³-hybridized carbons (Fsp3) is 0.0455. The molecule has 0 saturated heterocycles. The van der Waals surface area contributed by atoms with Crippen molar-refractivity contribution in [1.82, 2.24) is 9.55 Å². The summed E-state index contributed by atoms with van der Waals surface area (Å²) in [6.07, 6.45) is 2.84. The molecule has 0 atom stereocenters. The van der Waals surface area contributed by atoms with Crippen LogP contribution in [0.2, 0.25) is 0 Å². The maximum absolute atomic E-state index is 12.3. The average Bonchev–Trinajstić information content (AvgIpc) is 3.27. The molecule has 0 saturated carbocycles. The van der Waals surface area contributed by atoms with Crippen molar-refractivity contribution in [2.24, 2.45) is 0 Å². The van der Waals surface area contributed by atoms with Gasteiger partial charge in [-0.05, 0) is 48.5 Å². The first-order valence-corrected chi connectivity index (χ1v) is 8.90. The minimum atomic E-state index is -0.340. The molecule has 0 bridgehead atoms. The SMILES string of the molecule is O=C(Cn1cnc(-c2ccco2)cc1=O)Nc1ccc(Oc2ccccc2)cc1. The molecular weight excluding hydrogens is 370 g/mol. The van der Waals surface area contributed by atoms with E-state index < -0.39 is 0 Å². The molecule has 0 aliphatic rings. The fourth-order valence-electron chi connectivity index (χ4n) is 2.69. The van der Waals surface area contributed by atoms with E-state index in [0.29, 0.717) is 22.9 Å². The molecule has 29 heavy (non-hydrogen) atoms. The van der Waals surface area contributed by atoms with Crippen molar-refractivity contribution < 1.29 is 13.9 Å². The van der Waals surface area contributed by atoms with E-state index in [1.54, 1.807) is 36.4 Å². The molecule has 0 radical (unpaired) electrons. The summed E-state index contributed by atoms with van der Waals surface area (Å²) in [6.45, 7) is -0.146. The average molecular weight is 387 g/mol. The second kappa shape index (κ2) is 8.26. The predicted molar refractivity (Wildman–Crippen MR) is 108 cm³/mol. The Balaban J connectivity index is 1.38. The molecule has 0 spiro atoms. The summed E-state index contributed by atoms with van der Waals surface area (Å²) < 4.78 is 12.2. The zero-order valence-corrected chi connectivity index (χ0v) is 15.3. The molecule has 1 amide bonds. The second-order valence-electron chi connectivity index (χ2n) is 6.21. The molecule has 7 nitrogen and oxygen atoms in total. The molecule has 1 N–H and O–H groups in total. The predicted octanol–water partition coefficient (Wildman–Crippen LogP) is 3.93. The van der Waals surface area contributed by atoms with E-state index in [2.05, 4.69) is 10.3 Å². The molecule has 4 aromatic rings. The minimum absolute atomic E-state index is 0.146. The number of furan rings is 1. The first-order chi connectivity index (χ1) is 14.2. The highest BCUT2D eigenvalue weighted by molar-refractivity contribution is 5.90. The van der Waals surface area contributed by atoms with Gasteiger partial charge in [0.25, 0.3) is 5.56 Å². The molecule has 0 aliphatic heterocycles. The molecule has 2 heterocycles. The van der Waals surface area contributed by atoms with Crippen LogP contribution in [0.25, 0.3) is 11.5 Å². The highest BCUT2D eigenvalue weighted by Gasteiger charge is 2.09. The molecule has 7 heteroatoms. The van der Waals surface area contributed by atoms with E-state index >= 15 is 0 Å². The van der Waals surface area contributed by atoms with Gasteiger partial charge in [-0.2, -0.15) is 0 Å². The van der Waals surface area contributed by atoms with Crippen LogP contribution in [0, 0.1) is 0 Å². The lowest BCUT2D eigenvalue weighted by molar-refractivity contribution is -0.116. The number of nitrogens with zero attached hydrogens (tertiary/aromatic N) is 2. The Morgan fingerprint density at radius 1 is 1.00 bits per heavy atom. The third kappa shape index (κ3) is 4.59. The van der Waals surface area contributed by atoms with Crippen LogP contribution in [0.5, 0.6) is 11.5 Å². The van der Waals surface area contributed by atoms with Crippen molar-refractivity contribution in [2.75, 3.05) is 5.32 Å². The lowest BCUT2D eigenvalue weighted by Crippen LogP contribution is -2.27. The van der Waals surface area contributed by atoms with E-state index in [4.69, 9.17) is 9.15 Å². The Morgan fingerprint density at radius 2 is 1.76 bits per heavy atom. The van der Waals surface area contributed by atoms with Crippen LogP contribution in [0.15, 0.2) is 94.6 Å². The molecule has 144 valence electrons. The molecule has 2 aromatic carbocycles. The molecule has 0 unspecified atom stereocenters. The van der Waals surface area contributed by atoms with Crippen LogP contribution in [0.1, 0.15) is 0 Å². The van der Waals surface area contributed by atoms with Crippen LogP contribution in [0.4, 0.5) is 5.69 Å². The van der Waals surface area contributed by atoms with Gasteiger partial charge in [0, 0.05) is 11.8 Å². The number of para-hydroxylation sites is 1. The van der Waals surface area contributed by atoms with Crippen LogP contribution >= 0.6 is 0 Å². The van der Waals surface area contributed by atoms with Crippen LogP contribution in [-0.2, 0) is 11.3 Å². The van der Waals surface area contributed by atoms with Crippen molar-refractivity contribution in [2.45, 2.75) is 6.54 Å². The summed E-state index contributed by atoms with van der Waals surface area (Å²) in [5.74, 6) is 1.55. The Morgan fingerprint density at radius 3 is 2.45 bits per heavy atom.